The monoisotopic (exact) mass is 435 g/mol. The first-order chi connectivity index (χ1) is 14.2. The summed E-state index contributed by atoms with van der Waals surface area (Å²) in [6, 6.07) is 11.4. The van der Waals surface area contributed by atoms with Gasteiger partial charge in [-0.05, 0) is 43.7 Å². The number of para-hydroxylation sites is 1. The summed E-state index contributed by atoms with van der Waals surface area (Å²) in [5.41, 5.74) is -0.438. The summed E-state index contributed by atoms with van der Waals surface area (Å²) in [6.07, 6.45) is -3.79. The fourth-order valence-electron chi connectivity index (χ4n) is 2.89. The highest BCUT2D eigenvalue weighted by Crippen LogP contribution is 2.31. The van der Waals surface area contributed by atoms with Crippen LogP contribution in [0.5, 0.6) is 0 Å². The van der Waals surface area contributed by atoms with Gasteiger partial charge in [0.2, 0.25) is 5.91 Å². The molecule has 0 aliphatic carbocycles. The van der Waals surface area contributed by atoms with Gasteiger partial charge in [0.1, 0.15) is 0 Å². The van der Waals surface area contributed by atoms with Crippen LogP contribution in [0.2, 0.25) is 0 Å². The minimum absolute atomic E-state index is 0.0553. The zero-order valence-electron chi connectivity index (χ0n) is 16.4. The number of alkyl halides is 3. The van der Waals surface area contributed by atoms with E-state index in [0.29, 0.717) is 29.0 Å². The molecule has 1 unspecified atom stereocenters. The number of nitrogens with one attached hydrogen (secondary N) is 1. The van der Waals surface area contributed by atoms with E-state index in [-0.39, 0.29) is 11.2 Å². The van der Waals surface area contributed by atoms with Crippen molar-refractivity contribution in [2.45, 2.75) is 43.4 Å². The van der Waals surface area contributed by atoms with E-state index in [1.807, 2.05) is 6.92 Å². The standard InChI is InChI=1S/C21H20F3N3O2S/c1-3-11-27-19(29)16-9-4-5-10-17(16)26-20(27)30-13(2)18(28)25-15-8-6-7-14(12-15)21(22,23)24/h4-10,12-13H,3,11H2,1-2H3,(H,25,28). The average molecular weight is 435 g/mol. The average Bonchev–Trinajstić information content (AvgIpc) is 2.70. The van der Waals surface area contributed by atoms with Gasteiger partial charge in [0.25, 0.3) is 5.56 Å². The Hall–Kier alpha value is -2.81. The van der Waals surface area contributed by atoms with Crippen molar-refractivity contribution in [3.8, 4) is 0 Å². The maximum atomic E-state index is 12.9. The van der Waals surface area contributed by atoms with Gasteiger partial charge in [0.15, 0.2) is 5.16 Å². The second kappa shape index (κ2) is 8.91. The number of benzene rings is 2. The van der Waals surface area contributed by atoms with Gasteiger partial charge in [-0.25, -0.2) is 4.98 Å². The predicted octanol–water partition coefficient (Wildman–Crippen LogP) is 4.94. The number of carbonyl (C=O) groups excluding carboxylic acids is 1. The second-order valence-corrected chi connectivity index (χ2v) is 8.00. The van der Waals surface area contributed by atoms with Gasteiger partial charge in [-0.3, -0.25) is 14.2 Å². The molecule has 0 saturated heterocycles. The SMILES string of the molecule is CCCn1c(SC(C)C(=O)Nc2cccc(C(F)(F)F)c2)nc2ccccc2c1=O. The van der Waals surface area contributed by atoms with Gasteiger partial charge < -0.3 is 5.32 Å². The minimum Gasteiger partial charge on any atom is -0.325 e. The first-order valence-electron chi connectivity index (χ1n) is 9.35. The van der Waals surface area contributed by atoms with Gasteiger partial charge in [0, 0.05) is 12.2 Å². The molecular formula is C21H20F3N3O2S. The Morgan fingerprint density at radius 2 is 1.93 bits per heavy atom. The molecule has 158 valence electrons. The number of aromatic nitrogens is 2. The van der Waals surface area contributed by atoms with Crippen LogP contribution in [0.3, 0.4) is 0 Å². The van der Waals surface area contributed by atoms with Gasteiger partial charge >= 0.3 is 6.18 Å². The Labute approximate surface area is 175 Å². The number of anilines is 1. The molecule has 0 radical (unpaired) electrons. The number of halogens is 3. The predicted molar refractivity (Wildman–Crippen MR) is 112 cm³/mol. The molecule has 30 heavy (non-hydrogen) atoms. The first-order valence-corrected chi connectivity index (χ1v) is 10.2. The molecule has 2 aromatic carbocycles. The Morgan fingerprint density at radius 1 is 1.20 bits per heavy atom. The highest BCUT2D eigenvalue weighted by molar-refractivity contribution is 8.00. The normalized spacial score (nSPS) is 12.7. The fraction of sp³-hybridized carbons (Fsp3) is 0.286. The van der Waals surface area contributed by atoms with Crippen molar-refractivity contribution in [2.24, 2.45) is 0 Å². The largest absolute Gasteiger partial charge is 0.416 e. The van der Waals surface area contributed by atoms with E-state index in [0.717, 1.165) is 23.9 Å². The molecule has 1 atom stereocenters. The Balaban J connectivity index is 1.84. The topological polar surface area (TPSA) is 64.0 Å². The smallest absolute Gasteiger partial charge is 0.325 e. The zero-order chi connectivity index (χ0) is 21.9. The molecule has 1 amide bonds. The molecule has 3 rings (SSSR count). The van der Waals surface area contributed by atoms with E-state index in [4.69, 9.17) is 0 Å². The van der Waals surface area contributed by atoms with Crippen molar-refractivity contribution in [1.82, 2.24) is 9.55 Å². The Bertz CT molecular complexity index is 1130. The van der Waals surface area contributed by atoms with Gasteiger partial charge in [-0.1, -0.05) is 36.9 Å². The van der Waals surface area contributed by atoms with Crippen molar-refractivity contribution in [3.63, 3.8) is 0 Å². The molecule has 1 aromatic heterocycles. The third kappa shape index (κ3) is 4.84. The van der Waals surface area contributed by atoms with Crippen LogP contribution >= 0.6 is 11.8 Å². The lowest BCUT2D eigenvalue weighted by atomic mass is 10.2. The number of thioether (sulfide) groups is 1. The van der Waals surface area contributed by atoms with E-state index in [2.05, 4.69) is 10.3 Å². The number of carbonyl (C=O) groups is 1. The van der Waals surface area contributed by atoms with Gasteiger partial charge in [0.05, 0.1) is 21.7 Å². The summed E-state index contributed by atoms with van der Waals surface area (Å²) in [5, 5.41) is 2.71. The van der Waals surface area contributed by atoms with Crippen LogP contribution < -0.4 is 10.9 Å². The second-order valence-electron chi connectivity index (χ2n) is 6.70. The summed E-state index contributed by atoms with van der Waals surface area (Å²) < 4.78 is 40.2. The number of fused-ring (bicyclic) bond motifs is 1. The number of rotatable bonds is 6. The fourth-order valence-corrected chi connectivity index (χ4v) is 3.82. The molecule has 3 aromatic rings. The number of hydrogen-bond acceptors (Lipinski definition) is 4. The summed E-state index contributed by atoms with van der Waals surface area (Å²) in [4.78, 5) is 29.9. The van der Waals surface area contributed by atoms with Crippen molar-refractivity contribution in [2.75, 3.05) is 5.32 Å². The molecule has 9 heteroatoms. The van der Waals surface area contributed by atoms with Gasteiger partial charge in [-0.15, -0.1) is 0 Å². The Kier molecular flexibility index (Phi) is 6.50. The lowest BCUT2D eigenvalue weighted by molar-refractivity contribution is -0.137. The molecule has 0 aliphatic heterocycles. The summed E-state index contributed by atoms with van der Waals surface area (Å²) in [7, 11) is 0. The quantitative estimate of drug-likeness (QED) is 0.440. The maximum Gasteiger partial charge on any atom is 0.416 e. The van der Waals surface area contributed by atoms with Crippen LogP contribution in [0.4, 0.5) is 18.9 Å². The lowest BCUT2D eigenvalue weighted by Crippen LogP contribution is -2.27. The van der Waals surface area contributed by atoms with Crippen molar-refractivity contribution in [3.05, 3.63) is 64.4 Å². The van der Waals surface area contributed by atoms with Crippen LogP contribution in [0, 0.1) is 0 Å². The van der Waals surface area contributed by atoms with Crippen LogP contribution in [0.1, 0.15) is 25.8 Å². The molecule has 1 heterocycles. The summed E-state index contributed by atoms with van der Waals surface area (Å²) in [6.45, 7) is 3.99. The number of hydrogen-bond donors (Lipinski definition) is 1. The highest BCUT2D eigenvalue weighted by Gasteiger charge is 2.30. The third-order valence-corrected chi connectivity index (χ3v) is 5.47. The van der Waals surface area contributed by atoms with E-state index < -0.39 is 22.9 Å². The molecule has 0 aliphatic rings. The van der Waals surface area contributed by atoms with E-state index in [1.54, 1.807) is 31.2 Å². The van der Waals surface area contributed by atoms with Crippen molar-refractivity contribution in [1.29, 1.82) is 0 Å². The number of nitrogens with zero attached hydrogens (tertiary/aromatic N) is 2. The lowest BCUT2D eigenvalue weighted by Gasteiger charge is -2.16. The summed E-state index contributed by atoms with van der Waals surface area (Å²) in [5.74, 6) is -0.482. The van der Waals surface area contributed by atoms with E-state index in [9.17, 15) is 22.8 Å². The Morgan fingerprint density at radius 3 is 2.63 bits per heavy atom. The number of amides is 1. The van der Waals surface area contributed by atoms with Crippen LogP contribution in [-0.4, -0.2) is 20.7 Å². The molecule has 0 spiro atoms. The molecule has 1 N–H and O–H groups in total. The molecule has 5 nitrogen and oxygen atoms in total. The maximum absolute atomic E-state index is 12.9. The van der Waals surface area contributed by atoms with Gasteiger partial charge in [-0.2, -0.15) is 13.2 Å². The highest BCUT2D eigenvalue weighted by atomic mass is 32.2. The first kappa shape index (κ1) is 21.9. The molecule has 0 bridgehead atoms. The molecule has 0 fully saturated rings. The van der Waals surface area contributed by atoms with Crippen molar-refractivity contribution < 1.29 is 18.0 Å². The molecular weight excluding hydrogens is 415 g/mol. The van der Waals surface area contributed by atoms with E-state index >= 15 is 0 Å². The van der Waals surface area contributed by atoms with Crippen molar-refractivity contribution >= 4 is 34.3 Å². The van der Waals surface area contributed by atoms with Crippen LogP contribution in [-0.2, 0) is 17.5 Å². The van der Waals surface area contributed by atoms with E-state index in [1.165, 1.54) is 16.7 Å². The molecule has 0 saturated carbocycles. The van der Waals surface area contributed by atoms with Crippen LogP contribution in [0.15, 0.2) is 58.5 Å². The van der Waals surface area contributed by atoms with Crippen LogP contribution in [0.25, 0.3) is 10.9 Å². The zero-order valence-corrected chi connectivity index (χ0v) is 17.2. The summed E-state index contributed by atoms with van der Waals surface area (Å²) >= 11 is 1.09. The third-order valence-electron chi connectivity index (χ3n) is 4.38. The minimum atomic E-state index is -4.49.